The Kier molecular flexibility index (Phi) is 23.1. The van der Waals surface area contributed by atoms with E-state index in [9.17, 15) is 33.6 Å². The van der Waals surface area contributed by atoms with Crippen molar-refractivity contribution in [1.82, 2.24) is 5.32 Å². The van der Waals surface area contributed by atoms with E-state index in [0.29, 0.717) is 28.9 Å². The minimum Gasteiger partial charge on any atom is -0.462 e. The van der Waals surface area contributed by atoms with Crippen LogP contribution in [0.3, 0.4) is 0 Å². The van der Waals surface area contributed by atoms with Crippen molar-refractivity contribution < 1.29 is 62.0 Å². The summed E-state index contributed by atoms with van der Waals surface area (Å²) in [5, 5.41) is 0.411. The number of hydrogen-bond donors (Lipinski definition) is 1. The molecule has 1 N–H and O–H groups in total. The van der Waals surface area contributed by atoms with Crippen LogP contribution < -0.4 is 29.0 Å². The third kappa shape index (κ3) is 19.5. The van der Waals surface area contributed by atoms with Crippen molar-refractivity contribution in [2.24, 2.45) is 0 Å². The van der Waals surface area contributed by atoms with Gasteiger partial charge >= 0.3 is 35.8 Å². The largest absolute Gasteiger partial charge is 0.462 e. The lowest BCUT2D eigenvalue weighted by atomic mass is 10.1. The second-order valence-electron chi connectivity index (χ2n) is 17.7. The molecule has 0 unspecified atom stereocenters. The molecule has 6 aromatic rings. The summed E-state index contributed by atoms with van der Waals surface area (Å²) in [4.78, 5) is 88.3. The van der Waals surface area contributed by atoms with E-state index in [-0.39, 0.29) is 59.3 Å². The molecule has 6 rings (SSSR count). The molecule has 396 valence electrons. The van der Waals surface area contributed by atoms with Crippen molar-refractivity contribution in [1.29, 1.82) is 0 Å². The van der Waals surface area contributed by atoms with Gasteiger partial charge in [0.1, 0.15) is 46.0 Å². The second kappa shape index (κ2) is 30.5. The van der Waals surface area contributed by atoms with Gasteiger partial charge in [-0.15, -0.1) is 23.2 Å². The molecule has 0 aliphatic rings. The van der Waals surface area contributed by atoms with Crippen LogP contribution in [0, 0.1) is 0 Å². The number of ether oxygens (including phenoxy) is 6. The normalized spacial score (nSPS) is 11.6. The molecule has 0 spiro atoms. The molecule has 14 nitrogen and oxygen atoms in total. The summed E-state index contributed by atoms with van der Waals surface area (Å²) in [5.41, 5.74) is 2.47. The van der Waals surface area contributed by atoms with Gasteiger partial charge in [-0.1, -0.05) is 107 Å². The topological polar surface area (TPSA) is 187 Å². The fraction of sp³-hybridized carbons (Fsp3) is 0.283. The molecule has 16 heteroatoms. The van der Waals surface area contributed by atoms with E-state index in [2.05, 4.69) is 12.2 Å². The van der Waals surface area contributed by atoms with E-state index in [1.54, 1.807) is 66.7 Å². The first kappa shape index (κ1) is 57.5. The van der Waals surface area contributed by atoms with Gasteiger partial charge in [0.05, 0.1) is 23.3 Å². The van der Waals surface area contributed by atoms with Crippen LogP contribution >= 0.6 is 23.2 Å². The maximum absolute atomic E-state index is 12.9. The zero-order valence-electron chi connectivity index (χ0n) is 42.1. The van der Waals surface area contributed by atoms with Crippen LogP contribution in [-0.2, 0) is 32.0 Å². The number of carbonyl (C=O) groups excluding carboxylic acids is 7. The number of benzene rings is 6. The Balaban J connectivity index is 0.853. The van der Waals surface area contributed by atoms with Gasteiger partial charge < -0.3 is 33.7 Å². The lowest BCUT2D eigenvalue weighted by molar-refractivity contribution is -0.134. The lowest BCUT2D eigenvalue weighted by Gasteiger charge is -2.11. The van der Waals surface area contributed by atoms with Gasteiger partial charge in [-0.05, 0) is 140 Å². The third-order valence-electron chi connectivity index (χ3n) is 11.7. The predicted octanol–water partition coefficient (Wildman–Crippen LogP) is 12.0. The Labute approximate surface area is 451 Å². The molecule has 0 aromatic heterocycles. The first-order valence-electron chi connectivity index (χ1n) is 25.2. The van der Waals surface area contributed by atoms with Gasteiger partial charge in [-0.25, -0.2) is 19.2 Å². The summed E-state index contributed by atoms with van der Waals surface area (Å²) < 4.78 is 32.5. The standard InChI is InChI=1S/C60H59Cl2NO13/c1-2-3-4-5-6-7-8-9-10-14-37-71-56(66)44-21-31-50(32-22-44)75-59(69)53(62)39-42-19-29-48(30-20-42)73-57(67)45-23-33-49(34-24-45)74-58(68)46-25-35-51(36-26-46)76-60(70)52(61)38-41-17-27-47(28-18-41)72-54(64)40-63-55(65)43-15-12-11-13-16-43/h11-13,15-36,52-53H,2-10,14,37-40H2,1H3,(H,63,65)/t52-,53-/m0/s1. The van der Waals surface area contributed by atoms with Crippen molar-refractivity contribution in [2.75, 3.05) is 13.2 Å². The smallest absolute Gasteiger partial charge is 0.343 e. The van der Waals surface area contributed by atoms with E-state index in [1.165, 1.54) is 130 Å². The second-order valence-corrected chi connectivity index (χ2v) is 18.7. The van der Waals surface area contributed by atoms with Gasteiger partial charge in [-0.2, -0.15) is 0 Å². The van der Waals surface area contributed by atoms with Crippen LogP contribution in [0.25, 0.3) is 0 Å². The number of nitrogens with one attached hydrogen (secondary N) is 1. The fourth-order valence-electron chi connectivity index (χ4n) is 7.49. The number of carbonyl (C=O) groups is 7. The molecule has 0 saturated heterocycles. The van der Waals surface area contributed by atoms with Gasteiger partial charge in [0.15, 0.2) is 0 Å². The van der Waals surface area contributed by atoms with Crippen molar-refractivity contribution >= 4 is 64.9 Å². The number of unbranched alkanes of at least 4 members (excludes halogenated alkanes) is 9. The minimum absolute atomic E-state index is 0.105. The van der Waals surface area contributed by atoms with Crippen LogP contribution in [0.15, 0.2) is 152 Å². The van der Waals surface area contributed by atoms with Crippen molar-refractivity contribution in [3.63, 3.8) is 0 Å². The number of amides is 1. The molecule has 76 heavy (non-hydrogen) atoms. The minimum atomic E-state index is -1.07. The van der Waals surface area contributed by atoms with Crippen LogP contribution in [-0.4, -0.2) is 65.6 Å². The number of alkyl halides is 2. The maximum Gasteiger partial charge on any atom is 0.343 e. The summed E-state index contributed by atoms with van der Waals surface area (Å²) >= 11 is 12.8. The molecule has 1 amide bonds. The Morgan fingerprint density at radius 2 is 0.776 bits per heavy atom. The first-order valence-corrected chi connectivity index (χ1v) is 26.1. The maximum atomic E-state index is 12.9. The quantitative estimate of drug-likeness (QED) is 0.0212. The van der Waals surface area contributed by atoms with Crippen LogP contribution in [0.4, 0.5) is 0 Å². The van der Waals surface area contributed by atoms with Crippen molar-refractivity contribution in [2.45, 2.75) is 94.7 Å². The van der Waals surface area contributed by atoms with E-state index in [0.717, 1.165) is 19.3 Å². The van der Waals surface area contributed by atoms with Gasteiger partial charge in [-0.3, -0.25) is 14.4 Å². The highest BCUT2D eigenvalue weighted by atomic mass is 35.5. The van der Waals surface area contributed by atoms with E-state index in [1.807, 2.05) is 0 Å². The van der Waals surface area contributed by atoms with Crippen molar-refractivity contribution in [3.05, 3.63) is 185 Å². The fourth-order valence-corrected chi connectivity index (χ4v) is 7.93. The molecular formula is C60H59Cl2NO13. The predicted molar refractivity (Wildman–Crippen MR) is 287 cm³/mol. The summed E-state index contributed by atoms with van der Waals surface area (Å²) in [7, 11) is 0. The number of rotatable bonds is 28. The molecule has 0 aliphatic heterocycles. The molecule has 0 saturated carbocycles. The highest BCUT2D eigenvalue weighted by Gasteiger charge is 2.22. The van der Waals surface area contributed by atoms with Crippen LogP contribution in [0.2, 0.25) is 0 Å². The molecule has 0 aliphatic carbocycles. The van der Waals surface area contributed by atoms with Gasteiger partial charge in [0.2, 0.25) is 0 Å². The molecule has 0 fully saturated rings. The summed E-state index contributed by atoms with van der Waals surface area (Å²) in [6.07, 6.45) is 12.2. The van der Waals surface area contributed by atoms with E-state index < -0.39 is 52.5 Å². The summed E-state index contributed by atoms with van der Waals surface area (Å²) in [5.74, 6) is -3.25. The molecule has 6 aromatic carbocycles. The van der Waals surface area contributed by atoms with Crippen molar-refractivity contribution in [3.8, 4) is 28.7 Å². The Morgan fingerprint density at radius 1 is 0.408 bits per heavy atom. The van der Waals surface area contributed by atoms with E-state index in [4.69, 9.17) is 51.6 Å². The average molecular weight is 1070 g/mol. The number of hydrogen-bond acceptors (Lipinski definition) is 13. The molecule has 2 atom stereocenters. The Hall–Kier alpha value is -7.81. The van der Waals surface area contributed by atoms with E-state index >= 15 is 0 Å². The highest BCUT2D eigenvalue weighted by molar-refractivity contribution is 6.30. The first-order chi connectivity index (χ1) is 36.8. The van der Waals surface area contributed by atoms with Crippen LogP contribution in [0.5, 0.6) is 28.7 Å². The third-order valence-corrected chi connectivity index (χ3v) is 12.4. The summed E-state index contributed by atoms with van der Waals surface area (Å²) in [6, 6.07) is 38.8. The van der Waals surface area contributed by atoms with Gasteiger partial charge in [0.25, 0.3) is 5.91 Å². The average Bonchev–Trinajstić information content (AvgIpc) is 3.43. The van der Waals surface area contributed by atoms with Gasteiger partial charge in [0, 0.05) is 5.56 Å². The number of halogens is 2. The SMILES string of the molecule is CCCCCCCCCCCCOC(=O)c1ccc(OC(=O)[C@@H](Cl)Cc2ccc(OC(=O)c3ccc(OC(=O)c4ccc(OC(=O)[C@@H](Cl)Cc5ccc(OC(=O)CNC(=O)c6ccccc6)cc5)cc4)cc3)cc2)cc1. The lowest BCUT2D eigenvalue weighted by Crippen LogP contribution is -2.31. The zero-order chi connectivity index (χ0) is 54.1. The Morgan fingerprint density at radius 3 is 1.21 bits per heavy atom. The summed E-state index contributed by atoms with van der Waals surface area (Å²) in [6.45, 7) is 2.25. The highest BCUT2D eigenvalue weighted by Crippen LogP contribution is 2.23. The molecule has 0 heterocycles. The van der Waals surface area contributed by atoms with Crippen LogP contribution in [0.1, 0.15) is 124 Å². The molecular weight excluding hydrogens is 1010 g/mol. The molecule has 0 bridgehead atoms. The number of esters is 6. The zero-order valence-corrected chi connectivity index (χ0v) is 43.6. The molecule has 0 radical (unpaired) electrons. The monoisotopic (exact) mass is 1070 g/mol. The Bertz CT molecular complexity index is 2840.